The highest BCUT2D eigenvalue weighted by Crippen LogP contribution is 2.30. The highest BCUT2D eigenvalue weighted by Gasteiger charge is 2.37. The van der Waals surface area contributed by atoms with E-state index in [9.17, 15) is 23.5 Å². The molecule has 2 N–H and O–H groups in total. The summed E-state index contributed by atoms with van der Waals surface area (Å²) in [6.45, 7) is 1.79. The largest absolute Gasteiger partial charge is 0.393 e. The zero-order valence-corrected chi connectivity index (χ0v) is 18.3. The summed E-state index contributed by atoms with van der Waals surface area (Å²) < 4.78 is 28.9. The van der Waals surface area contributed by atoms with Gasteiger partial charge in [0.2, 0.25) is 0 Å². The van der Waals surface area contributed by atoms with E-state index in [0.29, 0.717) is 17.7 Å². The molecule has 3 heterocycles. The van der Waals surface area contributed by atoms with Crippen molar-refractivity contribution in [3.63, 3.8) is 0 Å². The van der Waals surface area contributed by atoms with E-state index in [2.05, 4.69) is 26.3 Å². The molecule has 2 aliphatic rings. The fourth-order valence-electron chi connectivity index (χ4n) is 3.79. The molecule has 0 bridgehead atoms. The van der Waals surface area contributed by atoms with Crippen molar-refractivity contribution < 1.29 is 28.3 Å². The maximum absolute atomic E-state index is 14.3. The minimum absolute atomic E-state index is 0.0744. The fraction of sp³-hybridized carbons (Fsp3) is 0.421. The molecule has 0 aliphatic carbocycles. The number of halogens is 3. The summed E-state index contributed by atoms with van der Waals surface area (Å²) in [5, 5.41) is 17.5. The van der Waals surface area contributed by atoms with Crippen molar-refractivity contribution in [2.24, 2.45) is 0 Å². The maximum atomic E-state index is 14.3. The molecular weight excluding hydrogens is 480 g/mol. The van der Waals surface area contributed by atoms with Crippen molar-refractivity contribution in [2.75, 3.05) is 19.0 Å². The van der Waals surface area contributed by atoms with Gasteiger partial charge in [-0.15, -0.1) is 0 Å². The molecular formula is C19H20BrF2N5O4. The normalized spacial score (nSPS) is 20.9. The number of aliphatic hydroxyl groups excluding tert-OH is 1. The molecule has 1 aromatic heterocycles. The first-order valence-electron chi connectivity index (χ1n) is 9.56. The van der Waals surface area contributed by atoms with Crippen LogP contribution in [-0.2, 0) is 24.3 Å². The van der Waals surface area contributed by atoms with Crippen molar-refractivity contribution in [3.8, 4) is 0 Å². The van der Waals surface area contributed by atoms with Crippen LogP contribution in [0.15, 0.2) is 16.6 Å². The molecule has 3 amide bonds. The van der Waals surface area contributed by atoms with Crippen LogP contribution < -0.4 is 5.32 Å². The smallest absolute Gasteiger partial charge is 0.322 e. The van der Waals surface area contributed by atoms with E-state index < -0.39 is 29.7 Å². The van der Waals surface area contributed by atoms with Gasteiger partial charge in [-0.05, 0) is 35.0 Å². The number of benzene rings is 1. The van der Waals surface area contributed by atoms with E-state index in [1.54, 1.807) is 0 Å². The SMILES string of the molecule is C[C@@H]1Cc2nn3c(c2CN1C(=O)Nc1ccc(F)c(Br)c1F)C(=O)N(C)O[C@@H](CO)C3. The van der Waals surface area contributed by atoms with Crippen LogP contribution in [0, 0.1) is 11.6 Å². The zero-order chi connectivity index (χ0) is 22.4. The standard InChI is InChI=1S/C19H20BrF2N5O4/c1-9-5-14-11(17-18(29)25(2)31-10(8-28)6-27(17)24-14)7-26(9)19(30)23-13-4-3-12(21)15(20)16(13)22/h3-4,9-10,28H,5-8H2,1-2H3,(H,23,30)/t9-,10-/m1/s1. The van der Waals surface area contributed by atoms with Crippen LogP contribution in [0.25, 0.3) is 0 Å². The third-order valence-electron chi connectivity index (χ3n) is 5.40. The number of hydrogen-bond donors (Lipinski definition) is 2. The first kappa shape index (κ1) is 21.7. The number of amides is 3. The Morgan fingerprint density at radius 3 is 2.87 bits per heavy atom. The number of anilines is 1. The lowest BCUT2D eigenvalue weighted by molar-refractivity contribution is -0.159. The topological polar surface area (TPSA) is 99.9 Å². The van der Waals surface area contributed by atoms with Crippen molar-refractivity contribution in [3.05, 3.63) is 45.2 Å². The van der Waals surface area contributed by atoms with Crippen LogP contribution in [0.5, 0.6) is 0 Å². The number of fused-ring (bicyclic) bond motifs is 3. The van der Waals surface area contributed by atoms with E-state index in [1.807, 2.05) is 6.92 Å². The van der Waals surface area contributed by atoms with Gasteiger partial charge in [0.25, 0.3) is 5.91 Å². The lowest BCUT2D eigenvalue weighted by Gasteiger charge is -2.33. The monoisotopic (exact) mass is 499 g/mol. The van der Waals surface area contributed by atoms with Gasteiger partial charge in [0, 0.05) is 25.1 Å². The summed E-state index contributed by atoms with van der Waals surface area (Å²) in [5.74, 6) is -2.13. The van der Waals surface area contributed by atoms with E-state index in [1.165, 1.54) is 16.6 Å². The van der Waals surface area contributed by atoms with Crippen molar-refractivity contribution >= 4 is 33.6 Å². The minimum atomic E-state index is -0.915. The summed E-state index contributed by atoms with van der Waals surface area (Å²) >= 11 is 2.82. The summed E-state index contributed by atoms with van der Waals surface area (Å²) in [5.41, 5.74) is 1.38. The van der Waals surface area contributed by atoms with Gasteiger partial charge in [-0.3, -0.25) is 14.3 Å². The molecule has 2 atom stereocenters. The quantitative estimate of drug-likeness (QED) is 0.617. The summed E-state index contributed by atoms with van der Waals surface area (Å²) in [6.07, 6.45) is -0.242. The number of hydroxylamine groups is 2. The van der Waals surface area contributed by atoms with Gasteiger partial charge in [0.15, 0.2) is 5.82 Å². The number of nitrogens with zero attached hydrogens (tertiary/aromatic N) is 4. The van der Waals surface area contributed by atoms with E-state index in [0.717, 1.165) is 17.2 Å². The molecule has 166 valence electrons. The Morgan fingerprint density at radius 2 is 2.16 bits per heavy atom. The lowest BCUT2D eigenvalue weighted by atomic mass is 9.99. The molecule has 12 heteroatoms. The second-order valence-corrected chi connectivity index (χ2v) is 8.30. The Kier molecular flexibility index (Phi) is 5.71. The van der Waals surface area contributed by atoms with Crippen molar-refractivity contribution in [2.45, 2.75) is 38.6 Å². The summed E-state index contributed by atoms with van der Waals surface area (Å²) in [6, 6.07) is 1.32. The summed E-state index contributed by atoms with van der Waals surface area (Å²) in [4.78, 5) is 32.6. The van der Waals surface area contributed by atoms with Crippen LogP contribution in [0.2, 0.25) is 0 Å². The second-order valence-electron chi connectivity index (χ2n) is 7.50. The highest BCUT2D eigenvalue weighted by atomic mass is 79.9. The third-order valence-corrected chi connectivity index (χ3v) is 6.12. The second kappa shape index (κ2) is 8.17. The van der Waals surface area contributed by atoms with Gasteiger partial charge in [0.05, 0.1) is 35.6 Å². The van der Waals surface area contributed by atoms with E-state index in [4.69, 9.17) is 4.84 Å². The molecule has 9 nitrogen and oxygen atoms in total. The van der Waals surface area contributed by atoms with Crippen LogP contribution in [0.1, 0.15) is 28.7 Å². The number of carbonyl (C=O) groups is 2. The maximum Gasteiger partial charge on any atom is 0.322 e. The number of rotatable bonds is 2. The van der Waals surface area contributed by atoms with Crippen LogP contribution in [0.3, 0.4) is 0 Å². The Bertz CT molecular complexity index is 1060. The van der Waals surface area contributed by atoms with E-state index >= 15 is 0 Å². The van der Waals surface area contributed by atoms with Crippen LogP contribution in [-0.4, -0.2) is 62.6 Å². The number of aliphatic hydroxyl groups is 1. The first-order chi connectivity index (χ1) is 14.7. The Hall–Kier alpha value is -2.57. The average Bonchev–Trinajstić information content (AvgIpc) is 3.02. The van der Waals surface area contributed by atoms with Gasteiger partial charge in [0.1, 0.15) is 17.6 Å². The predicted octanol–water partition coefficient (Wildman–Crippen LogP) is 2.28. The highest BCUT2D eigenvalue weighted by molar-refractivity contribution is 9.10. The molecule has 0 spiro atoms. The fourth-order valence-corrected chi connectivity index (χ4v) is 4.13. The average molecular weight is 500 g/mol. The molecule has 0 radical (unpaired) electrons. The molecule has 0 saturated carbocycles. The minimum Gasteiger partial charge on any atom is -0.393 e. The Morgan fingerprint density at radius 1 is 1.42 bits per heavy atom. The van der Waals surface area contributed by atoms with Gasteiger partial charge in [-0.25, -0.2) is 18.6 Å². The Labute approximate surface area is 184 Å². The van der Waals surface area contributed by atoms with Gasteiger partial charge >= 0.3 is 6.03 Å². The van der Waals surface area contributed by atoms with E-state index in [-0.39, 0.29) is 41.6 Å². The number of aromatic nitrogens is 2. The van der Waals surface area contributed by atoms with Crippen LogP contribution >= 0.6 is 15.9 Å². The molecule has 4 rings (SSSR count). The van der Waals surface area contributed by atoms with Gasteiger partial charge in [-0.1, -0.05) is 0 Å². The number of urea groups is 1. The molecule has 2 aromatic rings. The molecule has 31 heavy (non-hydrogen) atoms. The molecule has 1 aromatic carbocycles. The lowest BCUT2D eigenvalue weighted by Crippen LogP contribution is -2.45. The third kappa shape index (κ3) is 3.79. The molecule has 0 unspecified atom stereocenters. The Balaban J connectivity index is 1.63. The predicted molar refractivity (Wildman–Crippen MR) is 108 cm³/mol. The van der Waals surface area contributed by atoms with Gasteiger partial charge < -0.3 is 15.3 Å². The number of carbonyl (C=O) groups excluding carboxylic acids is 2. The van der Waals surface area contributed by atoms with Crippen LogP contribution in [0.4, 0.5) is 19.3 Å². The number of nitrogens with one attached hydrogen (secondary N) is 1. The summed E-state index contributed by atoms with van der Waals surface area (Å²) in [7, 11) is 1.45. The van der Waals surface area contributed by atoms with Crippen molar-refractivity contribution in [1.29, 1.82) is 0 Å². The molecule has 0 saturated heterocycles. The molecule has 2 aliphatic heterocycles. The zero-order valence-electron chi connectivity index (χ0n) is 16.7. The van der Waals surface area contributed by atoms with Gasteiger partial charge in [-0.2, -0.15) is 5.10 Å². The van der Waals surface area contributed by atoms with Crippen molar-refractivity contribution in [1.82, 2.24) is 19.7 Å². The first-order valence-corrected chi connectivity index (χ1v) is 10.4. The molecule has 0 fully saturated rings. The number of hydrogen-bond acceptors (Lipinski definition) is 5.